The molecule has 7 heteroatoms. The van der Waals surface area contributed by atoms with E-state index in [0.717, 1.165) is 81.7 Å². The molecule has 0 bridgehead atoms. The molecule has 1 aromatic carbocycles. The summed E-state index contributed by atoms with van der Waals surface area (Å²) in [5.74, 6) is 2.02. The van der Waals surface area contributed by atoms with Crippen LogP contribution >= 0.6 is 0 Å². The predicted molar refractivity (Wildman–Crippen MR) is 125 cm³/mol. The van der Waals surface area contributed by atoms with Gasteiger partial charge in [0.1, 0.15) is 18.0 Å². The number of anilines is 3. The standard InChI is InChI=1S/C24H30N6O/c1-3-19-18(2)27-21-7-5-4-6-20(21)24(19)30-10-8-28(9-11-30)22-16-23(26-17-25-22)29-12-14-31-15-13-29/h4-7,16-17H,3,8-15H2,1-2H3. The van der Waals surface area contributed by atoms with E-state index < -0.39 is 0 Å². The van der Waals surface area contributed by atoms with Crippen molar-refractivity contribution < 1.29 is 4.74 Å². The van der Waals surface area contributed by atoms with E-state index >= 15 is 0 Å². The summed E-state index contributed by atoms with van der Waals surface area (Å²) in [6, 6.07) is 10.7. The quantitative estimate of drug-likeness (QED) is 0.645. The first kappa shape index (κ1) is 20.0. The first-order valence-corrected chi connectivity index (χ1v) is 11.3. The second kappa shape index (κ2) is 8.67. The molecule has 0 saturated carbocycles. The number of aryl methyl sites for hydroxylation is 1. The zero-order valence-corrected chi connectivity index (χ0v) is 18.4. The van der Waals surface area contributed by atoms with Crippen molar-refractivity contribution in [3.8, 4) is 0 Å². The van der Waals surface area contributed by atoms with Crippen LogP contribution in [0.1, 0.15) is 18.2 Å². The van der Waals surface area contributed by atoms with Gasteiger partial charge in [0.15, 0.2) is 0 Å². The number of morpholine rings is 1. The topological polar surface area (TPSA) is 57.6 Å². The minimum Gasteiger partial charge on any atom is -0.378 e. The second-order valence-electron chi connectivity index (χ2n) is 8.20. The van der Waals surface area contributed by atoms with Crippen LogP contribution in [-0.2, 0) is 11.2 Å². The molecule has 0 amide bonds. The molecule has 0 spiro atoms. The van der Waals surface area contributed by atoms with Crippen molar-refractivity contribution in [3.63, 3.8) is 0 Å². The maximum Gasteiger partial charge on any atom is 0.134 e. The second-order valence-corrected chi connectivity index (χ2v) is 8.20. The number of para-hydroxylation sites is 1. The third-order valence-electron chi connectivity index (χ3n) is 6.42. The van der Waals surface area contributed by atoms with Crippen LogP contribution in [0, 0.1) is 6.92 Å². The van der Waals surface area contributed by atoms with Crippen molar-refractivity contribution in [1.82, 2.24) is 15.0 Å². The number of rotatable bonds is 4. The Kier molecular flexibility index (Phi) is 5.59. The Bertz CT molecular complexity index is 1060. The summed E-state index contributed by atoms with van der Waals surface area (Å²) in [6.07, 6.45) is 2.69. The maximum absolute atomic E-state index is 5.47. The van der Waals surface area contributed by atoms with E-state index in [-0.39, 0.29) is 0 Å². The molecule has 0 radical (unpaired) electrons. The van der Waals surface area contributed by atoms with Crippen LogP contribution in [-0.4, -0.2) is 67.4 Å². The molecule has 0 aliphatic carbocycles. The van der Waals surface area contributed by atoms with Gasteiger partial charge in [-0.05, 0) is 25.0 Å². The number of benzene rings is 1. The highest BCUT2D eigenvalue weighted by atomic mass is 16.5. The largest absolute Gasteiger partial charge is 0.378 e. The number of aromatic nitrogens is 3. The van der Waals surface area contributed by atoms with Crippen LogP contribution < -0.4 is 14.7 Å². The SMILES string of the molecule is CCc1c(C)nc2ccccc2c1N1CCN(c2cc(N3CCOCC3)ncn2)CC1. The molecule has 162 valence electrons. The van der Waals surface area contributed by atoms with Crippen molar-refractivity contribution in [1.29, 1.82) is 0 Å². The van der Waals surface area contributed by atoms with Gasteiger partial charge in [-0.3, -0.25) is 4.98 Å². The summed E-state index contributed by atoms with van der Waals surface area (Å²) in [6.45, 7) is 11.5. The molecule has 5 rings (SSSR count). The average molecular weight is 419 g/mol. The van der Waals surface area contributed by atoms with Gasteiger partial charge in [0, 0.05) is 56.4 Å². The summed E-state index contributed by atoms with van der Waals surface area (Å²) in [7, 11) is 0. The van der Waals surface area contributed by atoms with Crippen LogP contribution in [0.15, 0.2) is 36.7 Å². The summed E-state index contributed by atoms with van der Waals surface area (Å²) in [4.78, 5) is 21.1. The molecule has 2 aromatic heterocycles. The number of hydrogen-bond donors (Lipinski definition) is 0. The number of ether oxygens (including phenoxy) is 1. The molecule has 0 atom stereocenters. The fourth-order valence-electron chi connectivity index (χ4n) is 4.77. The van der Waals surface area contributed by atoms with Gasteiger partial charge in [-0.25, -0.2) is 9.97 Å². The van der Waals surface area contributed by atoms with Crippen molar-refractivity contribution in [3.05, 3.63) is 47.9 Å². The fourth-order valence-corrected chi connectivity index (χ4v) is 4.77. The van der Waals surface area contributed by atoms with E-state index in [1.54, 1.807) is 6.33 Å². The Morgan fingerprint density at radius 1 is 0.871 bits per heavy atom. The van der Waals surface area contributed by atoms with Crippen molar-refractivity contribution in [2.24, 2.45) is 0 Å². The third kappa shape index (κ3) is 3.90. The van der Waals surface area contributed by atoms with Gasteiger partial charge in [-0.1, -0.05) is 25.1 Å². The molecule has 0 unspecified atom stereocenters. The molecule has 31 heavy (non-hydrogen) atoms. The number of fused-ring (bicyclic) bond motifs is 1. The Morgan fingerprint density at radius 2 is 1.52 bits per heavy atom. The maximum atomic E-state index is 5.47. The summed E-state index contributed by atoms with van der Waals surface area (Å²) < 4.78 is 5.47. The van der Waals surface area contributed by atoms with E-state index in [1.165, 1.54) is 16.6 Å². The number of nitrogens with zero attached hydrogens (tertiary/aromatic N) is 6. The molecular formula is C24H30N6O. The van der Waals surface area contributed by atoms with E-state index in [2.05, 4.69) is 68.8 Å². The molecule has 2 aliphatic rings. The lowest BCUT2D eigenvalue weighted by Crippen LogP contribution is -2.47. The highest BCUT2D eigenvalue weighted by Crippen LogP contribution is 2.33. The van der Waals surface area contributed by atoms with E-state index in [4.69, 9.17) is 9.72 Å². The van der Waals surface area contributed by atoms with Crippen LogP contribution in [0.25, 0.3) is 10.9 Å². The number of hydrogen-bond acceptors (Lipinski definition) is 7. The Hall–Kier alpha value is -2.93. The lowest BCUT2D eigenvalue weighted by molar-refractivity contribution is 0.122. The summed E-state index contributed by atoms with van der Waals surface area (Å²) in [5, 5.41) is 1.26. The van der Waals surface area contributed by atoms with Gasteiger partial charge in [-0.15, -0.1) is 0 Å². The zero-order chi connectivity index (χ0) is 21.2. The Labute approximate surface area is 183 Å². The van der Waals surface area contributed by atoms with Crippen LogP contribution in [0.2, 0.25) is 0 Å². The van der Waals surface area contributed by atoms with Crippen LogP contribution in [0.3, 0.4) is 0 Å². The van der Waals surface area contributed by atoms with Gasteiger partial charge in [0.05, 0.1) is 24.4 Å². The molecule has 3 aromatic rings. The van der Waals surface area contributed by atoms with Gasteiger partial charge in [0.2, 0.25) is 0 Å². The first-order valence-electron chi connectivity index (χ1n) is 11.3. The minimum absolute atomic E-state index is 0.761. The average Bonchev–Trinajstić information content (AvgIpc) is 2.84. The first-order chi connectivity index (χ1) is 15.2. The molecule has 2 saturated heterocycles. The molecule has 0 N–H and O–H groups in total. The lowest BCUT2D eigenvalue weighted by Gasteiger charge is -2.38. The molecular weight excluding hydrogens is 388 g/mol. The fraction of sp³-hybridized carbons (Fsp3) is 0.458. The van der Waals surface area contributed by atoms with Gasteiger partial charge < -0.3 is 19.4 Å². The predicted octanol–water partition coefficient (Wildman–Crippen LogP) is 3.06. The Morgan fingerprint density at radius 3 is 2.23 bits per heavy atom. The number of pyridine rings is 1. The zero-order valence-electron chi connectivity index (χ0n) is 18.4. The van der Waals surface area contributed by atoms with Gasteiger partial charge in [-0.2, -0.15) is 0 Å². The smallest absolute Gasteiger partial charge is 0.134 e. The highest BCUT2D eigenvalue weighted by Gasteiger charge is 2.24. The molecule has 7 nitrogen and oxygen atoms in total. The molecule has 2 aliphatic heterocycles. The van der Waals surface area contributed by atoms with E-state index in [0.29, 0.717) is 0 Å². The minimum atomic E-state index is 0.761. The van der Waals surface area contributed by atoms with Gasteiger partial charge >= 0.3 is 0 Å². The van der Waals surface area contributed by atoms with Crippen molar-refractivity contribution in [2.75, 3.05) is 67.2 Å². The monoisotopic (exact) mass is 418 g/mol. The Balaban J connectivity index is 1.37. The molecule has 4 heterocycles. The highest BCUT2D eigenvalue weighted by molar-refractivity contribution is 5.94. The number of piperazine rings is 1. The molecule has 2 fully saturated rings. The third-order valence-corrected chi connectivity index (χ3v) is 6.42. The van der Waals surface area contributed by atoms with Crippen molar-refractivity contribution in [2.45, 2.75) is 20.3 Å². The van der Waals surface area contributed by atoms with Crippen molar-refractivity contribution >= 4 is 28.2 Å². The van der Waals surface area contributed by atoms with E-state index in [1.807, 2.05) is 0 Å². The van der Waals surface area contributed by atoms with Crippen LogP contribution in [0.5, 0.6) is 0 Å². The van der Waals surface area contributed by atoms with E-state index in [9.17, 15) is 0 Å². The lowest BCUT2D eigenvalue weighted by atomic mass is 10.0. The summed E-state index contributed by atoms with van der Waals surface area (Å²) in [5.41, 5.74) is 4.95. The van der Waals surface area contributed by atoms with Gasteiger partial charge in [0.25, 0.3) is 0 Å². The van der Waals surface area contributed by atoms with Crippen LogP contribution in [0.4, 0.5) is 17.3 Å². The summed E-state index contributed by atoms with van der Waals surface area (Å²) >= 11 is 0. The normalized spacial score (nSPS) is 17.4.